The summed E-state index contributed by atoms with van der Waals surface area (Å²) in [6.07, 6.45) is 0. The fourth-order valence-corrected chi connectivity index (χ4v) is 4.08. The number of anilines is 2. The average Bonchev–Trinajstić information content (AvgIpc) is 2.89. The number of nitrogen functional groups attached to an aromatic ring is 1. The van der Waals surface area contributed by atoms with Gasteiger partial charge < -0.3 is 29.4 Å². The Morgan fingerprint density at radius 2 is 1.26 bits per heavy atom. The van der Waals surface area contributed by atoms with E-state index in [0.29, 0.717) is 22.8 Å². The molecule has 0 spiro atoms. The molecule has 0 bridgehead atoms. The van der Waals surface area contributed by atoms with Crippen molar-refractivity contribution in [3.05, 3.63) is 95.6 Å². The number of benzene rings is 4. The summed E-state index contributed by atoms with van der Waals surface area (Å²) in [6, 6.07) is 22.7. The number of nitrogens with one attached hydrogen (secondary N) is 1. The summed E-state index contributed by atoms with van der Waals surface area (Å²) in [4.78, 5) is 0.0509. The molecule has 0 saturated carbocycles. The molecule has 4 rings (SSSR count). The smallest absolute Gasteiger partial charge is 0.159 e. The van der Waals surface area contributed by atoms with E-state index in [-0.39, 0.29) is 11.6 Å². The molecule has 0 unspecified atom stereocenters. The monoisotopic (exact) mass is 546 g/mol. The number of ether oxygens (including phenoxy) is 1. The Kier molecular flexibility index (Phi) is 8.57. The van der Waals surface area contributed by atoms with E-state index in [1.165, 1.54) is 12.1 Å². The van der Waals surface area contributed by atoms with Crippen LogP contribution in [0.5, 0.6) is 5.75 Å². The normalized spacial score (nSPS) is 12.3. The summed E-state index contributed by atoms with van der Waals surface area (Å²) in [7, 11) is -3.72. The zero-order chi connectivity index (χ0) is 28.0. The number of hydrogen-bond acceptors (Lipinski definition) is 10. The quantitative estimate of drug-likeness (QED) is 0.0800. The Morgan fingerprint density at radius 1 is 0.692 bits per heavy atom. The molecule has 0 aromatic heterocycles. The number of rotatable bonds is 9. The lowest BCUT2D eigenvalue weighted by Gasteiger charge is -2.19. The molecular weight excluding hydrogens is 516 g/mol. The van der Waals surface area contributed by atoms with Crippen LogP contribution >= 0.6 is 10.9 Å². The van der Waals surface area contributed by atoms with Crippen LogP contribution in [0.4, 0.5) is 34.1 Å². The maximum absolute atomic E-state index is 9.26. The largest absolute Gasteiger partial charge is 0.473 e. The topological polar surface area (TPSA) is 157 Å². The van der Waals surface area contributed by atoms with Crippen molar-refractivity contribution < 1.29 is 18.4 Å². The molecule has 39 heavy (non-hydrogen) atoms. The van der Waals surface area contributed by atoms with Gasteiger partial charge in [-0.15, -0.1) is 0 Å². The molecule has 0 aliphatic carbocycles. The molecular formula is C28H30N6O4S. The van der Waals surface area contributed by atoms with Crippen LogP contribution in [-0.2, 0) is 0 Å². The Balaban J connectivity index is 1.34. The van der Waals surface area contributed by atoms with Gasteiger partial charge in [0.1, 0.15) is 16.6 Å². The van der Waals surface area contributed by atoms with Crippen LogP contribution in [0.3, 0.4) is 0 Å². The van der Waals surface area contributed by atoms with Crippen LogP contribution < -0.4 is 15.8 Å². The van der Waals surface area contributed by atoms with Gasteiger partial charge in [0.15, 0.2) is 6.73 Å². The highest BCUT2D eigenvalue weighted by molar-refractivity contribution is 8.19. The van der Waals surface area contributed by atoms with Gasteiger partial charge in [-0.05, 0) is 116 Å². The van der Waals surface area contributed by atoms with Crippen molar-refractivity contribution >= 4 is 45.0 Å². The van der Waals surface area contributed by atoms with Crippen molar-refractivity contribution in [3.8, 4) is 5.75 Å². The third kappa shape index (κ3) is 7.62. The summed E-state index contributed by atoms with van der Waals surface area (Å²) < 4.78 is 33.5. The Bertz CT molecular complexity index is 1500. The van der Waals surface area contributed by atoms with E-state index in [1.807, 2.05) is 45.0 Å². The third-order valence-corrected chi connectivity index (χ3v) is 6.70. The average molecular weight is 547 g/mol. The molecule has 202 valence electrons. The van der Waals surface area contributed by atoms with Crippen molar-refractivity contribution in [2.75, 3.05) is 17.8 Å². The first-order chi connectivity index (χ1) is 18.6. The highest BCUT2D eigenvalue weighted by Crippen LogP contribution is 2.43. The van der Waals surface area contributed by atoms with E-state index >= 15 is 0 Å². The summed E-state index contributed by atoms with van der Waals surface area (Å²) in [5.74, 6) is 0.640. The molecule has 0 amide bonds. The number of nitrogens with two attached hydrogens (primary N) is 1. The van der Waals surface area contributed by atoms with Crippen molar-refractivity contribution in [1.82, 2.24) is 0 Å². The maximum Gasteiger partial charge on any atom is 0.159 e. The molecule has 0 heterocycles. The van der Waals surface area contributed by atoms with Crippen LogP contribution in [0.1, 0.15) is 16.7 Å². The summed E-state index contributed by atoms with van der Waals surface area (Å²) >= 11 is 0. The van der Waals surface area contributed by atoms with E-state index in [9.17, 15) is 13.7 Å². The molecule has 4 aromatic carbocycles. The molecule has 0 aliphatic rings. The van der Waals surface area contributed by atoms with Crippen molar-refractivity contribution in [3.63, 3.8) is 0 Å². The lowest BCUT2D eigenvalue weighted by molar-refractivity contribution is 0.347. The van der Waals surface area contributed by atoms with Crippen molar-refractivity contribution in [1.29, 1.82) is 0 Å². The van der Waals surface area contributed by atoms with Crippen LogP contribution in [0.15, 0.2) is 104 Å². The molecule has 0 fully saturated rings. The Morgan fingerprint density at radius 3 is 1.85 bits per heavy atom. The predicted molar refractivity (Wildman–Crippen MR) is 156 cm³/mol. The van der Waals surface area contributed by atoms with Gasteiger partial charge in [0, 0.05) is 11.4 Å². The van der Waals surface area contributed by atoms with E-state index < -0.39 is 10.9 Å². The zero-order valence-electron chi connectivity index (χ0n) is 21.7. The fraction of sp³-hybridized carbons (Fsp3) is 0.143. The van der Waals surface area contributed by atoms with Gasteiger partial charge >= 0.3 is 0 Å². The summed E-state index contributed by atoms with van der Waals surface area (Å²) in [5.41, 5.74) is 13.0. The van der Waals surface area contributed by atoms with E-state index in [4.69, 9.17) is 10.5 Å². The van der Waals surface area contributed by atoms with Crippen LogP contribution in [-0.4, -0.2) is 20.4 Å². The van der Waals surface area contributed by atoms with Gasteiger partial charge in [-0.25, -0.2) is 0 Å². The van der Waals surface area contributed by atoms with Crippen molar-refractivity contribution in [2.24, 2.45) is 20.5 Å². The third-order valence-electron chi connectivity index (χ3n) is 5.80. The summed E-state index contributed by atoms with van der Waals surface area (Å²) in [6.45, 7) is 6.04. The van der Waals surface area contributed by atoms with E-state index in [0.717, 1.165) is 33.8 Å². The molecule has 11 heteroatoms. The maximum atomic E-state index is 9.26. The molecule has 6 N–H and O–H groups in total. The van der Waals surface area contributed by atoms with E-state index in [2.05, 4.69) is 25.8 Å². The number of azo groups is 2. The van der Waals surface area contributed by atoms with Gasteiger partial charge in [-0.3, -0.25) is 0 Å². The van der Waals surface area contributed by atoms with Crippen LogP contribution in [0, 0.1) is 20.8 Å². The predicted octanol–water partition coefficient (Wildman–Crippen LogP) is 9.06. The first kappa shape index (κ1) is 27.7. The molecule has 0 radical (unpaired) electrons. The first-order valence-electron chi connectivity index (χ1n) is 12.0. The minimum absolute atomic E-state index is 0.0509. The molecule has 4 aromatic rings. The number of hydrogen-bond donors (Lipinski definition) is 5. The second-order valence-corrected chi connectivity index (χ2v) is 10.4. The Labute approximate surface area is 228 Å². The van der Waals surface area contributed by atoms with Crippen LogP contribution in [0.25, 0.3) is 0 Å². The minimum atomic E-state index is -3.72. The standard InChI is InChI=1S/C28H30N6O4S/c1-18-14-21(29)4-13-26(18)32-34-28-16-19(2)27(15-20(28)3)33-31-23-5-9-24(10-6-23)38-17-30-22-7-11-25(12-8-22)39(35,36)37/h4-16,30,35-37H,17,29H2,1-3H3. The first-order valence-corrected chi connectivity index (χ1v) is 13.5. The molecule has 10 nitrogen and oxygen atoms in total. The second kappa shape index (κ2) is 12.0. The second-order valence-electron chi connectivity index (χ2n) is 8.87. The molecule has 0 atom stereocenters. The van der Waals surface area contributed by atoms with Crippen LogP contribution in [0.2, 0.25) is 0 Å². The Hall–Kier alpha value is -4.29. The van der Waals surface area contributed by atoms with E-state index in [1.54, 1.807) is 42.5 Å². The van der Waals surface area contributed by atoms with Crippen molar-refractivity contribution in [2.45, 2.75) is 25.7 Å². The van der Waals surface area contributed by atoms with Gasteiger partial charge in [0.25, 0.3) is 0 Å². The van der Waals surface area contributed by atoms with Gasteiger partial charge in [-0.2, -0.15) is 20.5 Å². The molecule has 0 aliphatic heterocycles. The van der Waals surface area contributed by atoms with Gasteiger partial charge in [0.05, 0.1) is 27.6 Å². The lowest BCUT2D eigenvalue weighted by Crippen LogP contribution is -2.08. The SMILES string of the molecule is Cc1cc(N=Nc2ccc(N)cc2C)c(C)cc1N=Nc1ccc(OCNc2ccc(S(O)(O)O)cc2)cc1. The number of nitrogens with zero attached hydrogens (tertiary/aromatic N) is 4. The van der Waals surface area contributed by atoms with Gasteiger partial charge in [-0.1, -0.05) is 0 Å². The fourth-order valence-electron chi connectivity index (χ4n) is 3.58. The minimum Gasteiger partial charge on any atom is -0.473 e. The highest BCUT2D eigenvalue weighted by atomic mass is 32.3. The van der Waals surface area contributed by atoms with Gasteiger partial charge in [0.2, 0.25) is 0 Å². The lowest BCUT2D eigenvalue weighted by atomic mass is 10.1. The summed E-state index contributed by atoms with van der Waals surface area (Å²) in [5, 5.41) is 20.6. The molecule has 0 saturated heterocycles. The zero-order valence-corrected chi connectivity index (χ0v) is 22.6. The number of aryl methyl sites for hydroxylation is 3. The highest BCUT2D eigenvalue weighted by Gasteiger charge is 2.14.